The molecule has 1 aromatic heterocycles. The molecule has 1 aliphatic heterocycles. The van der Waals surface area contributed by atoms with Crippen molar-refractivity contribution in [2.45, 2.75) is 12.6 Å². The van der Waals surface area contributed by atoms with E-state index in [1.807, 2.05) is 30.3 Å². The Morgan fingerprint density at radius 3 is 2.41 bits per heavy atom. The summed E-state index contributed by atoms with van der Waals surface area (Å²) in [6, 6.07) is 16.3. The van der Waals surface area contributed by atoms with Gasteiger partial charge in [-0.1, -0.05) is 46.9 Å². The minimum atomic E-state index is 0.202. The Hall–Kier alpha value is -1.23. The summed E-state index contributed by atoms with van der Waals surface area (Å²) >= 11 is 20.5. The predicted octanol–water partition coefficient (Wildman–Crippen LogP) is 6.77. The molecular weight excluding hydrogens is 419 g/mol. The summed E-state index contributed by atoms with van der Waals surface area (Å²) in [6.07, 6.45) is 0. The van der Waals surface area contributed by atoms with Crippen molar-refractivity contribution in [2.24, 2.45) is 0 Å². The molecule has 2 aromatic carbocycles. The van der Waals surface area contributed by atoms with E-state index in [0.717, 1.165) is 36.9 Å². The molecule has 0 N–H and O–H groups in total. The Bertz CT molecular complexity index is 896. The van der Waals surface area contributed by atoms with Crippen molar-refractivity contribution in [3.05, 3.63) is 85.5 Å². The van der Waals surface area contributed by atoms with Gasteiger partial charge in [0.25, 0.3) is 0 Å². The molecule has 0 radical (unpaired) electrons. The zero-order valence-corrected chi connectivity index (χ0v) is 17.7. The average molecular weight is 438 g/mol. The van der Waals surface area contributed by atoms with E-state index in [2.05, 4.69) is 38.8 Å². The highest BCUT2D eigenvalue weighted by Gasteiger charge is 2.29. The van der Waals surface area contributed by atoms with Crippen molar-refractivity contribution >= 4 is 51.8 Å². The van der Waals surface area contributed by atoms with E-state index in [0.29, 0.717) is 10.0 Å². The second-order valence-electron chi connectivity index (χ2n) is 6.72. The molecule has 1 aliphatic rings. The molecule has 0 saturated carbocycles. The predicted molar refractivity (Wildman–Crippen MR) is 118 cm³/mol. The first kappa shape index (κ1) is 19.1. The lowest BCUT2D eigenvalue weighted by Crippen LogP contribution is -2.48. The van der Waals surface area contributed by atoms with Crippen LogP contribution in [0.5, 0.6) is 0 Å². The number of nitrogens with zero attached hydrogens (tertiary/aromatic N) is 2. The molecular formula is C21H19Cl3N2S. The maximum atomic E-state index is 6.53. The molecule has 0 aliphatic carbocycles. The zero-order chi connectivity index (χ0) is 18.8. The van der Waals surface area contributed by atoms with E-state index in [9.17, 15) is 0 Å². The fourth-order valence-electron chi connectivity index (χ4n) is 3.60. The normalized spacial score (nSPS) is 18.0. The minimum absolute atomic E-state index is 0.202. The smallest absolute Gasteiger partial charge is 0.0670 e. The summed E-state index contributed by atoms with van der Waals surface area (Å²) in [4.78, 5) is 4.88. The molecule has 27 heavy (non-hydrogen) atoms. The summed E-state index contributed by atoms with van der Waals surface area (Å²) in [5, 5.41) is 6.45. The number of anilines is 1. The van der Waals surface area contributed by atoms with Gasteiger partial charge in [-0.3, -0.25) is 4.90 Å². The van der Waals surface area contributed by atoms with Gasteiger partial charge in [0, 0.05) is 36.2 Å². The quantitative estimate of drug-likeness (QED) is 0.444. The second-order valence-corrected chi connectivity index (χ2v) is 8.78. The van der Waals surface area contributed by atoms with Crippen molar-refractivity contribution in [3.63, 3.8) is 0 Å². The van der Waals surface area contributed by atoms with Crippen molar-refractivity contribution < 1.29 is 0 Å². The topological polar surface area (TPSA) is 6.48 Å². The maximum Gasteiger partial charge on any atom is 0.0670 e. The third kappa shape index (κ3) is 4.44. The Morgan fingerprint density at radius 2 is 1.70 bits per heavy atom. The number of hydrogen-bond donors (Lipinski definition) is 0. The number of benzene rings is 2. The molecule has 0 bridgehead atoms. The standard InChI is InChI=1S/C21H19Cl3N2S/c22-17-3-1-16(2-4-17)21-13-25(12-15-7-10-27-14-15)8-9-26(21)20-6-5-18(23)11-19(20)24/h1-7,10-11,14,21H,8-9,12-13H2. The lowest BCUT2D eigenvalue weighted by atomic mass is 10.0. The minimum Gasteiger partial charge on any atom is -0.361 e. The number of hydrogen-bond acceptors (Lipinski definition) is 3. The first-order valence-electron chi connectivity index (χ1n) is 8.81. The highest BCUT2D eigenvalue weighted by molar-refractivity contribution is 7.07. The van der Waals surface area contributed by atoms with Crippen LogP contribution in [0.1, 0.15) is 17.2 Å². The van der Waals surface area contributed by atoms with Gasteiger partial charge in [-0.05, 0) is 58.3 Å². The molecule has 0 amide bonds. The molecule has 3 aromatic rings. The van der Waals surface area contributed by atoms with Gasteiger partial charge >= 0.3 is 0 Å². The van der Waals surface area contributed by atoms with Crippen LogP contribution in [-0.2, 0) is 6.54 Å². The molecule has 4 rings (SSSR count). The third-order valence-electron chi connectivity index (χ3n) is 4.92. The van der Waals surface area contributed by atoms with Crippen LogP contribution in [0.2, 0.25) is 15.1 Å². The highest BCUT2D eigenvalue weighted by Crippen LogP contribution is 2.37. The first-order chi connectivity index (χ1) is 13.1. The molecule has 1 unspecified atom stereocenters. The van der Waals surface area contributed by atoms with Gasteiger partial charge in [-0.2, -0.15) is 11.3 Å². The Labute approximate surface area is 178 Å². The monoisotopic (exact) mass is 436 g/mol. The van der Waals surface area contributed by atoms with Crippen molar-refractivity contribution in [2.75, 3.05) is 24.5 Å². The molecule has 2 nitrogen and oxygen atoms in total. The van der Waals surface area contributed by atoms with Crippen LogP contribution < -0.4 is 4.90 Å². The summed E-state index contributed by atoms with van der Waals surface area (Å²) in [7, 11) is 0. The second kappa shape index (κ2) is 8.42. The number of halogens is 3. The van der Waals surface area contributed by atoms with Crippen LogP contribution in [0.15, 0.2) is 59.3 Å². The van der Waals surface area contributed by atoms with Crippen molar-refractivity contribution in [1.82, 2.24) is 4.90 Å². The highest BCUT2D eigenvalue weighted by atomic mass is 35.5. The van der Waals surface area contributed by atoms with Gasteiger partial charge in [0.05, 0.1) is 16.8 Å². The molecule has 6 heteroatoms. The van der Waals surface area contributed by atoms with Crippen LogP contribution >= 0.6 is 46.1 Å². The Kier molecular flexibility index (Phi) is 5.96. The average Bonchev–Trinajstić information content (AvgIpc) is 3.16. The van der Waals surface area contributed by atoms with E-state index in [1.54, 1.807) is 11.3 Å². The Balaban J connectivity index is 1.64. The lowest BCUT2D eigenvalue weighted by molar-refractivity contribution is 0.216. The van der Waals surface area contributed by atoms with Crippen LogP contribution in [0.3, 0.4) is 0 Å². The molecule has 1 fully saturated rings. The van der Waals surface area contributed by atoms with Gasteiger partial charge in [0.15, 0.2) is 0 Å². The van der Waals surface area contributed by atoms with Gasteiger partial charge in [-0.25, -0.2) is 0 Å². The maximum absolute atomic E-state index is 6.53. The van der Waals surface area contributed by atoms with Gasteiger partial charge in [0.2, 0.25) is 0 Å². The Morgan fingerprint density at radius 1 is 0.926 bits per heavy atom. The molecule has 1 saturated heterocycles. The van der Waals surface area contributed by atoms with E-state index >= 15 is 0 Å². The summed E-state index contributed by atoms with van der Waals surface area (Å²) in [5.74, 6) is 0. The van der Waals surface area contributed by atoms with E-state index in [-0.39, 0.29) is 6.04 Å². The summed E-state index contributed by atoms with van der Waals surface area (Å²) in [6.45, 7) is 3.78. The number of piperazine rings is 1. The third-order valence-corrected chi connectivity index (χ3v) is 6.45. The molecule has 140 valence electrons. The SMILES string of the molecule is Clc1ccc(C2CN(Cc3ccsc3)CCN2c2ccc(Cl)cc2Cl)cc1. The largest absolute Gasteiger partial charge is 0.361 e. The lowest BCUT2D eigenvalue weighted by Gasteiger charge is -2.43. The van der Waals surface area contributed by atoms with Gasteiger partial charge in [0.1, 0.15) is 0 Å². The number of thiophene rings is 1. The fraction of sp³-hybridized carbons (Fsp3) is 0.238. The molecule has 2 heterocycles. The van der Waals surface area contributed by atoms with Crippen LogP contribution in [0.25, 0.3) is 0 Å². The van der Waals surface area contributed by atoms with Gasteiger partial charge in [-0.15, -0.1) is 0 Å². The summed E-state index contributed by atoms with van der Waals surface area (Å²) < 4.78 is 0. The van der Waals surface area contributed by atoms with E-state index < -0.39 is 0 Å². The zero-order valence-electron chi connectivity index (χ0n) is 14.6. The van der Waals surface area contributed by atoms with Crippen LogP contribution in [0, 0.1) is 0 Å². The summed E-state index contributed by atoms with van der Waals surface area (Å²) in [5.41, 5.74) is 3.63. The van der Waals surface area contributed by atoms with E-state index in [4.69, 9.17) is 34.8 Å². The fourth-order valence-corrected chi connectivity index (χ4v) is 4.90. The molecule has 0 spiro atoms. The van der Waals surface area contributed by atoms with Crippen molar-refractivity contribution in [1.29, 1.82) is 0 Å². The van der Waals surface area contributed by atoms with Gasteiger partial charge < -0.3 is 4.90 Å². The molecule has 1 atom stereocenters. The van der Waals surface area contributed by atoms with E-state index in [1.165, 1.54) is 11.1 Å². The number of rotatable bonds is 4. The first-order valence-corrected chi connectivity index (χ1v) is 10.9. The van der Waals surface area contributed by atoms with Crippen LogP contribution in [0.4, 0.5) is 5.69 Å². The van der Waals surface area contributed by atoms with Crippen LogP contribution in [-0.4, -0.2) is 24.5 Å². The van der Waals surface area contributed by atoms with Crippen molar-refractivity contribution in [3.8, 4) is 0 Å².